The van der Waals surface area contributed by atoms with E-state index in [-0.39, 0.29) is 10.6 Å². The van der Waals surface area contributed by atoms with Crippen molar-refractivity contribution in [3.8, 4) is 11.5 Å². The van der Waals surface area contributed by atoms with Gasteiger partial charge in [0.2, 0.25) is 0 Å². The van der Waals surface area contributed by atoms with Crippen molar-refractivity contribution in [2.24, 2.45) is 0 Å². The van der Waals surface area contributed by atoms with Crippen LogP contribution in [0.15, 0.2) is 30.3 Å². The van der Waals surface area contributed by atoms with E-state index in [0.717, 1.165) is 12.1 Å². The molecule has 0 saturated heterocycles. The van der Waals surface area contributed by atoms with E-state index in [1.54, 1.807) is 18.2 Å². The average molecular weight is 315 g/mol. The molecule has 6 heteroatoms. The Balaban J connectivity index is 2.53. The number of rotatable bonds is 4. The monoisotopic (exact) mass is 314 g/mol. The molecule has 1 atom stereocenters. The average Bonchev–Trinajstić information content (AvgIpc) is 2.49. The zero-order valence-electron chi connectivity index (χ0n) is 11.4. The lowest BCUT2D eigenvalue weighted by molar-refractivity contribution is 0.213. The number of hydrogen-bond acceptors (Lipinski definition) is 3. The minimum atomic E-state index is -1.28. The highest BCUT2D eigenvalue weighted by Crippen LogP contribution is 2.36. The van der Waals surface area contributed by atoms with Crippen molar-refractivity contribution in [2.75, 3.05) is 14.2 Å². The topological polar surface area (TPSA) is 38.7 Å². The molecule has 1 unspecified atom stereocenters. The fourth-order valence-corrected chi connectivity index (χ4v) is 2.22. The Labute approximate surface area is 125 Å². The summed E-state index contributed by atoms with van der Waals surface area (Å²) >= 11 is 5.88. The second-order valence-electron chi connectivity index (χ2n) is 4.30. The Morgan fingerprint density at radius 3 is 2.29 bits per heavy atom. The Bertz CT molecular complexity index is 662. The summed E-state index contributed by atoms with van der Waals surface area (Å²) in [7, 11) is 2.91. The highest BCUT2D eigenvalue weighted by Gasteiger charge is 2.21. The Morgan fingerprint density at radius 1 is 1.00 bits per heavy atom. The van der Waals surface area contributed by atoms with Gasteiger partial charge in [0.25, 0.3) is 0 Å². The van der Waals surface area contributed by atoms with Gasteiger partial charge in [-0.2, -0.15) is 0 Å². The zero-order chi connectivity index (χ0) is 15.6. The molecular weight excluding hydrogens is 302 g/mol. The van der Waals surface area contributed by atoms with Gasteiger partial charge in [-0.05, 0) is 30.3 Å². The van der Waals surface area contributed by atoms with Gasteiger partial charge in [-0.3, -0.25) is 0 Å². The Kier molecular flexibility index (Phi) is 4.65. The van der Waals surface area contributed by atoms with E-state index in [2.05, 4.69) is 0 Å². The summed E-state index contributed by atoms with van der Waals surface area (Å²) in [5.74, 6) is -1.29. The molecule has 0 aliphatic carbocycles. The van der Waals surface area contributed by atoms with Crippen LogP contribution >= 0.6 is 11.6 Å². The van der Waals surface area contributed by atoms with Gasteiger partial charge >= 0.3 is 0 Å². The predicted molar refractivity (Wildman–Crippen MR) is 75.0 cm³/mol. The zero-order valence-corrected chi connectivity index (χ0v) is 12.1. The molecule has 2 aromatic carbocycles. The molecule has 0 heterocycles. The number of benzene rings is 2. The van der Waals surface area contributed by atoms with Crippen LogP contribution in [0.2, 0.25) is 5.02 Å². The van der Waals surface area contributed by atoms with Gasteiger partial charge in [0, 0.05) is 16.1 Å². The van der Waals surface area contributed by atoms with Gasteiger partial charge in [-0.15, -0.1) is 0 Å². The molecule has 0 radical (unpaired) electrons. The second-order valence-corrected chi connectivity index (χ2v) is 4.71. The molecule has 2 rings (SSSR count). The number of aliphatic hydroxyl groups excluding tert-OH is 1. The first-order valence-corrected chi connectivity index (χ1v) is 6.40. The fraction of sp³-hybridized carbons (Fsp3) is 0.200. The van der Waals surface area contributed by atoms with Crippen LogP contribution in [0.4, 0.5) is 8.78 Å². The second kappa shape index (κ2) is 6.28. The van der Waals surface area contributed by atoms with Crippen LogP contribution < -0.4 is 9.47 Å². The van der Waals surface area contributed by atoms with Crippen LogP contribution in [0.5, 0.6) is 11.5 Å². The molecule has 21 heavy (non-hydrogen) atoms. The molecule has 0 aromatic heterocycles. The van der Waals surface area contributed by atoms with E-state index in [1.165, 1.54) is 14.2 Å². The summed E-state index contributed by atoms with van der Waals surface area (Å²) in [6, 6.07) is 6.48. The molecule has 1 N–H and O–H groups in total. The van der Waals surface area contributed by atoms with Gasteiger partial charge < -0.3 is 14.6 Å². The molecular formula is C15H13ClF2O3. The summed E-state index contributed by atoms with van der Waals surface area (Å²) in [5, 5.41) is 10.3. The van der Waals surface area contributed by atoms with Gasteiger partial charge in [-0.25, -0.2) is 8.78 Å². The van der Waals surface area contributed by atoms with E-state index < -0.39 is 17.7 Å². The van der Waals surface area contributed by atoms with Crippen LogP contribution in [-0.4, -0.2) is 19.3 Å². The van der Waals surface area contributed by atoms with Crippen molar-refractivity contribution in [1.82, 2.24) is 0 Å². The first-order valence-electron chi connectivity index (χ1n) is 6.02. The number of hydrogen-bond donors (Lipinski definition) is 1. The summed E-state index contributed by atoms with van der Waals surface area (Å²) < 4.78 is 36.7. The summed E-state index contributed by atoms with van der Waals surface area (Å²) in [6.45, 7) is 0. The first-order chi connectivity index (χ1) is 9.97. The Morgan fingerprint density at radius 2 is 1.67 bits per heavy atom. The van der Waals surface area contributed by atoms with Crippen LogP contribution in [0.25, 0.3) is 0 Å². The lowest BCUT2D eigenvalue weighted by Crippen LogP contribution is -2.05. The molecule has 0 spiro atoms. The van der Waals surface area contributed by atoms with Crippen molar-refractivity contribution < 1.29 is 23.4 Å². The van der Waals surface area contributed by atoms with Crippen LogP contribution in [0, 0.1) is 11.6 Å². The smallest absolute Gasteiger partial charge is 0.160 e. The van der Waals surface area contributed by atoms with E-state index in [4.69, 9.17) is 21.1 Å². The maximum Gasteiger partial charge on any atom is 0.160 e. The summed E-state index contributed by atoms with van der Waals surface area (Å²) in [4.78, 5) is 0. The number of halogens is 3. The van der Waals surface area contributed by atoms with E-state index in [0.29, 0.717) is 17.1 Å². The first kappa shape index (κ1) is 15.5. The minimum Gasteiger partial charge on any atom is -0.497 e. The van der Waals surface area contributed by atoms with Crippen molar-refractivity contribution in [3.05, 3.63) is 58.1 Å². The van der Waals surface area contributed by atoms with Crippen LogP contribution in [0.1, 0.15) is 17.2 Å². The van der Waals surface area contributed by atoms with E-state index in [9.17, 15) is 13.9 Å². The van der Waals surface area contributed by atoms with Crippen molar-refractivity contribution >= 4 is 11.6 Å². The molecule has 0 aliphatic heterocycles. The van der Waals surface area contributed by atoms with E-state index >= 15 is 0 Å². The lowest BCUT2D eigenvalue weighted by atomic mass is 10.00. The number of ether oxygens (including phenoxy) is 2. The minimum absolute atomic E-state index is 0.0436. The standard InChI is InChI=1S/C15H13ClF2O3/c1-20-8-3-4-14(21-2)10(5-8)15(19)9-6-12(17)13(18)7-11(9)16/h3-7,15,19H,1-2H3. The molecule has 2 aromatic rings. The van der Waals surface area contributed by atoms with Crippen molar-refractivity contribution in [1.29, 1.82) is 0 Å². The number of aliphatic hydroxyl groups is 1. The maximum atomic E-state index is 13.4. The van der Waals surface area contributed by atoms with Crippen LogP contribution in [-0.2, 0) is 0 Å². The largest absolute Gasteiger partial charge is 0.497 e. The molecule has 0 bridgehead atoms. The summed E-state index contributed by atoms with van der Waals surface area (Å²) in [5.41, 5.74) is 0.381. The molecule has 0 aliphatic rings. The third-order valence-electron chi connectivity index (χ3n) is 3.07. The summed E-state index contributed by atoms with van der Waals surface area (Å²) in [6.07, 6.45) is -1.28. The molecule has 3 nitrogen and oxygen atoms in total. The molecule has 112 valence electrons. The molecule has 0 saturated carbocycles. The normalized spacial score (nSPS) is 12.1. The quantitative estimate of drug-likeness (QED) is 0.874. The van der Waals surface area contributed by atoms with Crippen molar-refractivity contribution in [2.45, 2.75) is 6.10 Å². The SMILES string of the molecule is COc1ccc(OC)c(C(O)c2cc(F)c(F)cc2Cl)c1. The predicted octanol–water partition coefficient (Wildman–Crippen LogP) is 3.72. The highest BCUT2D eigenvalue weighted by atomic mass is 35.5. The van der Waals surface area contributed by atoms with Gasteiger partial charge in [0.1, 0.15) is 17.6 Å². The van der Waals surface area contributed by atoms with Gasteiger partial charge in [0.05, 0.1) is 14.2 Å². The van der Waals surface area contributed by atoms with E-state index in [1.807, 2.05) is 0 Å². The van der Waals surface area contributed by atoms with Gasteiger partial charge in [0.15, 0.2) is 11.6 Å². The van der Waals surface area contributed by atoms with Crippen molar-refractivity contribution in [3.63, 3.8) is 0 Å². The Hall–Kier alpha value is -1.85. The maximum absolute atomic E-state index is 13.4. The highest BCUT2D eigenvalue weighted by molar-refractivity contribution is 6.31. The third kappa shape index (κ3) is 3.09. The fourth-order valence-electron chi connectivity index (χ4n) is 1.97. The third-order valence-corrected chi connectivity index (χ3v) is 3.39. The van der Waals surface area contributed by atoms with Crippen LogP contribution in [0.3, 0.4) is 0 Å². The van der Waals surface area contributed by atoms with Gasteiger partial charge in [-0.1, -0.05) is 11.6 Å². The molecule has 0 fully saturated rings. The lowest BCUT2D eigenvalue weighted by Gasteiger charge is -2.17. The number of methoxy groups -OCH3 is 2. The molecule has 0 amide bonds.